The van der Waals surface area contributed by atoms with Crippen molar-refractivity contribution in [2.24, 2.45) is 0 Å². The normalized spacial score (nSPS) is 11.2. The number of methoxy groups -OCH3 is 1. The number of aromatic nitrogens is 3. The second kappa shape index (κ2) is 6.52. The second-order valence-electron chi connectivity index (χ2n) is 5.47. The number of fused-ring (bicyclic) bond motifs is 1. The topological polar surface area (TPSA) is 49.2 Å². The Hall–Kier alpha value is -2.54. The van der Waals surface area contributed by atoms with Crippen molar-refractivity contribution in [2.75, 3.05) is 20.3 Å². The van der Waals surface area contributed by atoms with E-state index >= 15 is 0 Å². The Morgan fingerprint density at radius 2 is 1.50 bits per heavy atom. The summed E-state index contributed by atoms with van der Waals surface area (Å²) in [6.45, 7) is 4.13. The van der Waals surface area contributed by atoms with Crippen LogP contribution < -0.4 is 4.74 Å². The molecule has 0 unspecified atom stereocenters. The van der Waals surface area contributed by atoms with Crippen molar-refractivity contribution >= 4 is 11.0 Å². The Morgan fingerprint density at radius 1 is 0.958 bits per heavy atom. The van der Waals surface area contributed by atoms with Crippen molar-refractivity contribution in [3.8, 4) is 11.4 Å². The van der Waals surface area contributed by atoms with Crippen LogP contribution in [0.15, 0.2) is 24.3 Å². The Kier molecular flexibility index (Phi) is 4.44. The van der Waals surface area contributed by atoms with Gasteiger partial charge in [0.15, 0.2) is 17.4 Å². The Bertz CT molecular complexity index is 831. The van der Waals surface area contributed by atoms with Crippen LogP contribution in [0.4, 0.5) is 8.78 Å². The number of halogens is 2. The molecule has 3 aromatic rings. The first-order chi connectivity index (χ1) is 11.5. The summed E-state index contributed by atoms with van der Waals surface area (Å²) in [5, 5.41) is 8.68. The monoisotopic (exact) mass is 333 g/mol. The molecule has 0 fully saturated rings. The maximum atomic E-state index is 14.2. The van der Waals surface area contributed by atoms with Crippen LogP contribution in [0, 0.1) is 25.5 Å². The van der Waals surface area contributed by atoms with E-state index in [1.54, 1.807) is 0 Å². The lowest BCUT2D eigenvalue weighted by molar-refractivity contribution is 0.141. The molecule has 0 saturated heterocycles. The standard InChI is InChI=1S/C17H17F2N3O2/c1-10-4-5-11(2)16-15(10)20-22(21-16)12-8-13(18)17(14(19)9-12)24-7-6-23-3/h4-5,8-9H,6-7H2,1-3H3. The molecule has 2 aromatic carbocycles. The minimum absolute atomic E-state index is 0.0615. The molecule has 126 valence electrons. The fourth-order valence-electron chi connectivity index (χ4n) is 2.39. The van der Waals surface area contributed by atoms with Gasteiger partial charge in [0, 0.05) is 19.2 Å². The van der Waals surface area contributed by atoms with E-state index in [4.69, 9.17) is 9.47 Å². The molecule has 0 aliphatic rings. The smallest absolute Gasteiger partial charge is 0.190 e. The predicted octanol–water partition coefficient (Wildman–Crippen LogP) is 3.34. The molecule has 1 heterocycles. The molecule has 0 N–H and O–H groups in total. The molecule has 0 aliphatic carbocycles. The third-order valence-electron chi connectivity index (χ3n) is 3.69. The first kappa shape index (κ1) is 16.3. The van der Waals surface area contributed by atoms with E-state index in [1.807, 2.05) is 26.0 Å². The number of nitrogens with zero attached hydrogens (tertiary/aromatic N) is 3. The second-order valence-corrected chi connectivity index (χ2v) is 5.47. The molecule has 1 aromatic heterocycles. The van der Waals surface area contributed by atoms with Crippen LogP contribution in [-0.2, 0) is 4.74 Å². The van der Waals surface area contributed by atoms with E-state index in [2.05, 4.69) is 10.2 Å². The molecule has 0 atom stereocenters. The lowest BCUT2D eigenvalue weighted by Gasteiger charge is -2.09. The third-order valence-corrected chi connectivity index (χ3v) is 3.69. The minimum atomic E-state index is -0.809. The fourth-order valence-corrected chi connectivity index (χ4v) is 2.39. The Labute approximate surface area is 137 Å². The zero-order chi connectivity index (χ0) is 17.3. The van der Waals surface area contributed by atoms with E-state index < -0.39 is 17.4 Å². The van der Waals surface area contributed by atoms with E-state index in [-0.39, 0.29) is 18.9 Å². The largest absolute Gasteiger partial charge is 0.485 e. The van der Waals surface area contributed by atoms with Gasteiger partial charge in [-0.1, -0.05) is 12.1 Å². The molecule has 3 rings (SSSR count). The van der Waals surface area contributed by atoms with Gasteiger partial charge in [0.1, 0.15) is 17.6 Å². The molecule has 0 spiro atoms. The van der Waals surface area contributed by atoms with Crippen LogP contribution >= 0.6 is 0 Å². The highest BCUT2D eigenvalue weighted by Crippen LogP contribution is 2.26. The first-order valence-electron chi connectivity index (χ1n) is 7.45. The fraction of sp³-hybridized carbons (Fsp3) is 0.294. The average Bonchev–Trinajstić information content (AvgIpc) is 3.00. The molecule has 7 heteroatoms. The van der Waals surface area contributed by atoms with E-state index in [0.717, 1.165) is 23.3 Å². The van der Waals surface area contributed by atoms with Gasteiger partial charge < -0.3 is 9.47 Å². The average molecular weight is 333 g/mol. The van der Waals surface area contributed by atoms with Crippen LogP contribution in [-0.4, -0.2) is 35.3 Å². The van der Waals surface area contributed by atoms with Crippen LogP contribution in [0.1, 0.15) is 11.1 Å². The van der Waals surface area contributed by atoms with Crippen molar-refractivity contribution in [1.29, 1.82) is 0 Å². The number of rotatable bonds is 5. The van der Waals surface area contributed by atoms with Crippen molar-refractivity contribution in [2.45, 2.75) is 13.8 Å². The van der Waals surface area contributed by atoms with Gasteiger partial charge in [0.2, 0.25) is 0 Å². The van der Waals surface area contributed by atoms with Gasteiger partial charge in [-0.25, -0.2) is 8.78 Å². The SMILES string of the molecule is COCCOc1c(F)cc(-n2nc3c(C)ccc(C)c3n2)cc1F. The summed E-state index contributed by atoms with van der Waals surface area (Å²) in [5.74, 6) is -2.05. The molecule has 0 radical (unpaired) electrons. The van der Waals surface area contributed by atoms with Crippen LogP contribution in [0.3, 0.4) is 0 Å². The molecule has 0 saturated carbocycles. The first-order valence-corrected chi connectivity index (χ1v) is 7.45. The molecule has 5 nitrogen and oxygen atoms in total. The molecule has 0 bridgehead atoms. The summed E-state index contributed by atoms with van der Waals surface area (Å²) >= 11 is 0. The maximum Gasteiger partial charge on any atom is 0.190 e. The van der Waals surface area contributed by atoms with E-state index in [1.165, 1.54) is 11.9 Å². The maximum absolute atomic E-state index is 14.2. The lowest BCUT2D eigenvalue weighted by Crippen LogP contribution is -2.08. The van der Waals surface area contributed by atoms with Gasteiger partial charge in [-0.2, -0.15) is 4.80 Å². The highest BCUT2D eigenvalue weighted by Gasteiger charge is 2.16. The quantitative estimate of drug-likeness (QED) is 0.672. The summed E-state index contributed by atoms with van der Waals surface area (Å²) in [5.41, 5.74) is 3.50. The zero-order valence-electron chi connectivity index (χ0n) is 13.6. The Morgan fingerprint density at radius 3 is 2.00 bits per heavy atom. The van der Waals surface area contributed by atoms with Gasteiger partial charge in [0.05, 0.1) is 12.3 Å². The molecule has 24 heavy (non-hydrogen) atoms. The van der Waals surface area contributed by atoms with Crippen LogP contribution in [0.25, 0.3) is 16.7 Å². The Balaban J connectivity index is 2.01. The van der Waals surface area contributed by atoms with Crippen LogP contribution in [0.2, 0.25) is 0 Å². The van der Waals surface area contributed by atoms with Gasteiger partial charge in [0.25, 0.3) is 0 Å². The summed E-state index contributed by atoms with van der Waals surface area (Å²) in [6, 6.07) is 6.17. The van der Waals surface area contributed by atoms with Gasteiger partial charge >= 0.3 is 0 Å². The highest BCUT2D eigenvalue weighted by molar-refractivity contribution is 5.80. The minimum Gasteiger partial charge on any atom is -0.485 e. The number of benzene rings is 2. The highest BCUT2D eigenvalue weighted by atomic mass is 19.1. The summed E-state index contributed by atoms with van der Waals surface area (Å²) < 4.78 is 38.2. The van der Waals surface area contributed by atoms with E-state index in [9.17, 15) is 8.78 Å². The summed E-state index contributed by atoms with van der Waals surface area (Å²) in [4.78, 5) is 1.23. The number of hydrogen-bond donors (Lipinski definition) is 0. The van der Waals surface area contributed by atoms with Gasteiger partial charge in [-0.15, -0.1) is 10.2 Å². The third kappa shape index (κ3) is 2.94. The van der Waals surface area contributed by atoms with Crippen molar-refractivity contribution in [3.05, 3.63) is 47.0 Å². The molecule has 0 aliphatic heterocycles. The van der Waals surface area contributed by atoms with Gasteiger partial charge in [-0.05, 0) is 25.0 Å². The number of hydrogen-bond acceptors (Lipinski definition) is 4. The molecule has 0 amide bonds. The summed E-state index contributed by atoms with van der Waals surface area (Å²) in [7, 11) is 1.48. The van der Waals surface area contributed by atoms with Crippen molar-refractivity contribution in [1.82, 2.24) is 15.0 Å². The van der Waals surface area contributed by atoms with Crippen LogP contribution in [0.5, 0.6) is 5.75 Å². The molecular formula is C17H17F2N3O2. The zero-order valence-corrected chi connectivity index (χ0v) is 13.6. The van der Waals surface area contributed by atoms with Crippen molar-refractivity contribution < 1.29 is 18.3 Å². The molecular weight excluding hydrogens is 316 g/mol. The number of ether oxygens (including phenoxy) is 2. The predicted molar refractivity (Wildman–Crippen MR) is 85.6 cm³/mol. The number of aryl methyl sites for hydroxylation is 2. The lowest BCUT2D eigenvalue weighted by atomic mass is 10.1. The van der Waals surface area contributed by atoms with E-state index in [0.29, 0.717) is 11.0 Å². The summed E-state index contributed by atoms with van der Waals surface area (Å²) in [6.07, 6.45) is 0. The van der Waals surface area contributed by atoms with Crippen molar-refractivity contribution in [3.63, 3.8) is 0 Å². The van der Waals surface area contributed by atoms with Gasteiger partial charge in [-0.3, -0.25) is 0 Å².